The Labute approximate surface area is 55.9 Å². The molecule has 0 amide bonds. The van der Waals surface area contributed by atoms with Gasteiger partial charge in [-0.2, -0.15) is 0 Å². The Morgan fingerprint density at radius 3 is 2.56 bits per heavy atom. The van der Waals surface area contributed by atoms with Gasteiger partial charge in [0.05, 0.1) is 0 Å². The molecular formula is C5H9O3Si. The second-order valence-corrected chi connectivity index (χ2v) is 3.58. The summed E-state index contributed by atoms with van der Waals surface area (Å²) in [6, 6.07) is 0. The Balaban J connectivity index is 3.27. The third kappa shape index (κ3) is 5.25. The van der Waals surface area contributed by atoms with Gasteiger partial charge >= 0.3 is 5.97 Å². The lowest BCUT2D eigenvalue weighted by molar-refractivity contribution is -0.210. The topological polar surface area (TPSA) is 35.5 Å². The Morgan fingerprint density at radius 2 is 2.22 bits per heavy atom. The van der Waals surface area contributed by atoms with Crippen molar-refractivity contribution in [2.24, 2.45) is 0 Å². The third-order valence-corrected chi connectivity index (χ3v) is 0.874. The van der Waals surface area contributed by atoms with Crippen LogP contribution in [-0.4, -0.2) is 15.0 Å². The van der Waals surface area contributed by atoms with Crippen LogP contribution in [0.25, 0.3) is 0 Å². The summed E-state index contributed by atoms with van der Waals surface area (Å²) < 4.78 is 4.58. The fourth-order valence-electron chi connectivity index (χ4n) is 0.158. The molecule has 0 saturated heterocycles. The smallest absolute Gasteiger partial charge is 0.305 e. The van der Waals surface area contributed by atoms with E-state index in [2.05, 4.69) is 16.0 Å². The largest absolute Gasteiger partial charge is 0.363 e. The fourth-order valence-corrected chi connectivity index (χ4v) is 0.407. The van der Waals surface area contributed by atoms with Gasteiger partial charge in [0.25, 0.3) is 9.04 Å². The third-order valence-electron chi connectivity index (χ3n) is 0.457. The van der Waals surface area contributed by atoms with E-state index in [9.17, 15) is 4.79 Å². The minimum Gasteiger partial charge on any atom is -0.305 e. The highest BCUT2D eigenvalue weighted by atomic mass is 28.3. The molecule has 0 N–H and O–H groups in total. The molecule has 0 aliphatic carbocycles. The maximum Gasteiger partial charge on any atom is 0.363 e. The highest BCUT2D eigenvalue weighted by Crippen LogP contribution is 1.86. The highest BCUT2D eigenvalue weighted by Gasteiger charge is 2.00. The van der Waals surface area contributed by atoms with Crippen LogP contribution in [0.2, 0.25) is 13.1 Å². The van der Waals surface area contributed by atoms with Crippen LogP contribution in [0.15, 0.2) is 12.7 Å². The average Bonchev–Trinajstić information content (AvgIpc) is 1.83. The van der Waals surface area contributed by atoms with Crippen molar-refractivity contribution in [3.05, 3.63) is 12.7 Å². The summed E-state index contributed by atoms with van der Waals surface area (Å²) in [7, 11) is -0.930. The summed E-state index contributed by atoms with van der Waals surface area (Å²) in [5, 5.41) is 0. The van der Waals surface area contributed by atoms with Gasteiger partial charge in [-0.1, -0.05) is 6.58 Å². The standard InChI is InChI=1S/C5H9O3Si/c1-4-5(6)7-8-9(2)3/h4H,1H2,2-3H3. The van der Waals surface area contributed by atoms with Crippen LogP contribution in [0.3, 0.4) is 0 Å². The van der Waals surface area contributed by atoms with Crippen LogP contribution < -0.4 is 0 Å². The highest BCUT2D eigenvalue weighted by molar-refractivity contribution is 6.48. The molecule has 0 rings (SSSR count). The molecule has 0 unspecified atom stereocenters. The molecule has 0 aliphatic heterocycles. The summed E-state index contributed by atoms with van der Waals surface area (Å²) in [6.45, 7) is 6.92. The van der Waals surface area contributed by atoms with Gasteiger partial charge in [0, 0.05) is 6.08 Å². The van der Waals surface area contributed by atoms with Crippen LogP contribution in [0.1, 0.15) is 0 Å². The second kappa shape index (κ2) is 4.28. The second-order valence-electron chi connectivity index (χ2n) is 1.60. The zero-order valence-corrected chi connectivity index (χ0v) is 6.51. The molecule has 0 saturated carbocycles. The summed E-state index contributed by atoms with van der Waals surface area (Å²) in [6.07, 6.45) is 1.06. The van der Waals surface area contributed by atoms with Gasteiger partial charge in [0.1, 0.15) is 0 Å². The first kappa shape index (κ1) is 8.39. The van der Waals surface area contributed by atoms with Crippen LogP contribution in [0, 0.1) is 0 Å². The molecule has 9 heavy (non-hydrogen) atoms. The van der Waals surface area contributed by atoms with E-state index in [1.807, 2.05) is 13.1 Å². The van der Waals surface area contributed by atoms with Crippen molar-refractivity contribution < 1.29 is 14.3 Å². The van der Waals surface area contributed by atoms with Crippen molar-refractivity contribution in [1.29, 1.82) is 0 Å². The Kier molecular flexibility index (Phi) is 3.99. The molecule has 4 heteroatoms. The van der Waals surface area contributed by atoms with Crippen LogP contribution >= 0.6 is 0 Å². The SMILES string of the molecule is C=CC(=O)OO[Si](C)C. The van der Waals surface area contributed by atoms with E-state index in [0.717, 1.165) is 6.08 Å². The van der Waals surface area contributed by atoms with Gasteiger partial charge in [-0.05, 0) is 13.1 Å². The maximum absolute atomic E-state index is 10.3. The average molecular weight is 145 g/mol. The summed E-state index contributed by atoms with van der Waals surface area (Å²) >= 11 is 0. The molecule has 0 aromatic heterocycles. The lowest BCUT2D eigenvalue weighted by atomic mass is 10.7. The molecule has 0 aromatic carbocycles. The molecule has 3 nitrogen and oxygen atoms in total. The summed E-state index contributed by atoms with van der Waals surface area (Å²) in [5.41, 5.74) is 0. The number of hydrogen-bond donors (Lipinski definition) is 0. The van der Waals surface area contributed by atoms with Gasteiger partial charge in [-0.15, -0.1) is 0 Å². The van der Waals surface area contributed by atoms with E-state index in [1.54, 1.807) is 0 Å². The van der Waals surface area contributed by atoms with Crippen LogP contribution in [0.5, 0.6) is 0 Å². The number of carbonyl (C=O) groups excluding carboxylic acids is 1. The van der Waals surface area contributed by atoms with Gasteiger partial charge in [-0.25, -0.2) is 9.37 Å². The van der Waals surface area contributed by atoms with E-state index >= 15 is 0 Å². The zero-order chi connectivity index (χ0) is 7.28. The minimum absolute atomic E-state index is 0.541. The Morgan fingerprint density at radius 1 is 1.67 bits per heavy atom. The van der Waals surface area contributed by atoms with Crippen molar-refractivity contribution in [3.63, 3.8) is 0 Å². The van der Waals surface area contributed by atoms with Crippen molar-refractivity contribution in [1.82, 2.24) is 0 Å². The van der Waals surface area contributed by atoms with E-state index in [-0.39, 0.29) is 0 Å². The first-order valence-corrected chi connectivity index (χ1v) is 4.88. The van der Waals surface area contributed by atoms with Gasteiger partial charge in [-0.3, -0.25) is 0 Å². The summed E-state index contributed by atoms with van der Waals surface area (Å²) in [4.78, 5) is 14.5. The number of rotatable bonds is 3. The lowest BCUT2D eigenvalue weighted by Gasteiger charge is -2.00. The molecule has 0 fully saturated rings. The fraction of sp³-hybridized carbons (Fsp3) is 0.400. The van der Waals surface area contributed by atoms with Crippen LogP contribution in [-0.2, 0) is 14.3 Å². The van der Waals surface area contributed by atoms with Crippen LogP contribution in [0.4, 0.5) is 0 Å². The van der Waals surface area contributed by atoms with Gasteiger partial charge in [0.2, 0.25) is 0 Å². The van der Waals surface area contributed by atoms with E-state index in [4.69, 9.17) is 0 Å². The number of carbonyl (C=O) groups is 1. The van der Waals surface area contributed by atoms with Crippen molar-refractivity contribution in [3.8, 4) is 0 Å². The molecule has 0 heterocycles. The normalized spacial score (nSPS) is 9.22. The maximum atomic E-state index is 10.3. The van der Waals surface area contributed by atoms with Crippen molar-refractivity contribution in [2.75, 3.05) is 0 Å². The first-order valence-electron chi connectivity index (χ1n) is 2.48. The van der Waals surface area contributed by atoms with Gasteiger partial charge in [0.15, 0.2) is 0 Å². The summed E-state index contributed by atoms with van der Waals surface area (Å²) in [5.74, 6) is -0.541. The quantitative estimate of drug-likeness (QED) is 0.256. The van der Waals surface area contributed by atoms with Crippen molar-refractivity contribution in [2.45, 2.75) is 13.1 Å². The molecule has 1 radical (unpaired) electrons. The molecule has 0 aromatic rings. The molecule has 0 aliphatic rings. The van der Waals surface area contributed by atoms with E-state index in [0.29, 0.717) is 0 Å². The first-order chi connectivity index (χ1) is 4.16. The van der Waals surface area contributed by atoms with Gasteiger partial charge < -0.3 is 4.89 Å². The monoisotopic (exact) mass is 145 g/mol. The molecule has 0 bridgehead atoms. The lowest BCUT2D eigenvalue weighted by Crippen LogP contribution is -2.11. The zero-order valence-electron chi connectivity index (χ0n) is 5.51. The predicted molar refractivity (Wildman–Crippen MR) is 34.9 cm³/mol. The Bertz CT molecular complexity index is 111. The van der Waals surface area contributed by atoms with E-state index in [1.165, 1.54) is 0 Å². The minimum atomic E-state index is -0.930. The predicted octanol–water partition coefficient (Wildman–Crippen LogP) is 0.898. The molecule has 0 spiro atoms. The Hall–Kier alpha value is -0.613. The number of hydrogen-bond acceptors (Lipinski definition) is 3. The van der Waals surface area contributed by atoms with E-state index < -0.39 is 15.0 Å². The molecular weight excluding hydrogens is 136 g/mol. The molecule has 51 valence electrons. The molecule has 0 atom stereocenters. The van der Waals surface area contributed by atoms with Crippen molar-refractivity contribution >= 4 is 15.0 Å².